The predicted octanol–water partition coefficient (Wildman–Crippen LogP) is 2.57. The number of pyridine rings is 1. The van der Waals surface area contributed by atoms with Crippen molar-refractivity contribution in [3.63, 3.8) is 0 Å². The second kappa shape index (κ2) is 6.79. The fraction of sp³-hybridized carbons (Fsp3) is 0.643. The second-order valence-corrected chi connectivity index (χ2v) is 6.01. The lowest BCUT2D eigenvalue weighted by molar-refractivity contribution is -0.0615. The summed E-state index contributed by atoms with van der Waals surface area (Å²) in [6, 6.07) is 4.16. The lowest BCUT2D eigenvalue weighted by Crippen LogP contribution is -2.54. The molecule has 0 aliphatic heterocycles. The van der Waals surface area contributed by atoms with Crippen LogP contribution in [0, 0.1) is 0 Å². The molecule has 0 saturated heterocycles. The lowest BCUT2D eigenvalue weighted by atomic mass is 9.89. The van der Waals surface area contributed by atoms with Crippen molar-refractivity contribution in [2.45, 2.75) is 50.7 Å². The van der Waals surface area contributed by atoms with Crippen LogP contribution in [0.1, 0.15) is 38.3 Å². The molecule has 0 spiro atoms. The monoisotopic (exact) mass is 327 g/mol. The lowest BCUT2D eigenvalue weighted by Gasteiger charge is -2.37. The highest BCUT2D eigenvalue weighted by Crippen LogP contribution is 2.37. The van der Waals surface area contributed by atoms with Crippen LogP contribution in [-0.2, 0) is 11.2 Å². The van der Waals surface area contributed by atoms with E-state index >= 15 is 0 Å². The van der Waals surface area contributed by atoms with Crippen LogP contribution in [0.2, 0.25) is 0 Å². The second-order valence-electron chi connectivity index (χ2n) is 5.10. The largest absolute Gasteiger partial charge is 0.374 e. The fourth-order valence-electron chi connectivity index (χ4n) is 2.99. The molecule has 2 rings (SSSR count). The van der Waals surface area contributed by atoms with E-state index < -0.39 is 0 Å². The standard InChI is InChI=1S/C14H22BrN3O/c1-2-19-14(7-3-4-8-14)13(18-16)9-12-6-5-11(15)10-17-12/h5-6,10,13,18H,2-4,7-9,16H2,1H3. The molecule has 0 bridgehead atoms. The molecule has 4 nitrogen and oxygen atoms in total. The van der Waals surface area contributed by atoms with Crippen LogP contribution in [-0.4, -0.2) is 23.2 Å². The van der Waals surface area contributed by atoms with Gasteiger partial charge in [-0.2, -0.15) is 0 Å². The third-order valence-electron chi connectivity index (χ3n) is 3.92. The van der Waals surface area contributed by atoms with E-state index in [-0.39, 0.29) is 11.6 Å². The number of rotatable bonds is 6. The summed E-state index contributed by atoms with van der Waals surface area (Å²) in [4.78, 5) is 4.43. The number of nitrogens with zero attached hydrogens (tertiary/aromatic N) is 1. The van der Waals surface area contributed by atoms with E-state index in [1.54, 1.807) is 0 Å². The Bertz CT molecular complexity index is 390. The third kappa shape index (κ3) is 3.54. The molecule has 1 saturated carbocycles. The highest BCUT2D eigenvalue weighted by molar-refractivity contribution is 9.10. The molecular formula is C14H22BrN3O. The molecule has 1 heterocycles. The average molecular weight is 328 g/mol. The average Bonchev–Trinajstić information content (AvgIpc) is 2.88. The Balaban J connectivity index is 2.11. The van der Waals surface area contributed by atoms with Gasteiger partial charge in [0.2, 0.25) is 0 Å². The van der Waals surface area contributed by atoms with Gasteiger partial charge in [-0.25, -0.2) is 0 Å². The topological polar surface area (TPSA) is 60.2 Å². The van der Waals surface area contributed by atoms with Gasteiger partial charge in [-0.05, 0) is 47.8 Å². The molecule has 3 N–H and O–H groups in total. The SMILES string of the molecule is CCOC1(C(Cc2ccc(Br)cn2)NN)CCCC1. The van der Waals surface area contributed by atoms with Gasteiger partial charge in [-0.3, -0.25) is 16.3 Å². The number of hydrogen-bond donors (Lipinski definition) is 2. The molecule has 1 aliphatic carbocycles. The molecule has 1 fully saturated rings. The van der Waals surface area contributed by atoms with Gasteiger partial charge in [0.1, 0.15) is 0 Å². The summed E-state index contributed by atoms with van der Waals surface area (Å²) in [5, 5.41) is 0. The zero-order valence-corrected chi connectivity index (χ0v) is 12.9. The zero-order chi connectivity index (χ0) is 13.7. The third-order valence-corrected chi connectivity index (χ3v) is 4.39. The summed E-state index contributed by atoms with van der Waals surface area (Å²) in [5.74, 6) is 5.78. The molecule has 0 aromatic carbocycles. The number of nitrogens with two attached hydrogens (primary N) is 1. The van der Waals surface area contributed by atoms with Crippen molar-refractivity contribution in [2.24, 2.45) is 5.84 Å². The molecule has 106 valence electrons. The number of ether oxygens (including phenoxy) is 1. The van der Waals surface area contributed by atoms with Crippen molar-refractivity contribution in [3.05, 3.63) is 28.5 Å². The minimum absolute atomic E-state index is 0.114. The van der Waals surface area contributed by atoms with E-state index in [0.29, 0.717) is 0 Å². The number of halogens is 1. The van der Waals surface area contributed by atoms with Crippen LogP contribution in [0.3, 0.4) is 0 Å². The molecule has 1 aromatic heterocycles. The normalized spacial score (nSPS) is 19.5. The Morgan fingerprint density at radius 1 is 1.47 bits per heavy atom. The number of nitrogens with one attached hydrogen (secondary N) is 1. The van der Waals surface area contributed by atoms with Gasteiger partial charge in [-0.1, -0.05) is 12.8 Å². The smallest absolute Gasteiger partial charge is 0.0851 e. The van der Waals surface area contributed by atoms with Crippen molar-refractivity contribution in [3.8, 4) is 0 Å². The molecular weight excluding hydrogens is 306 g/mol. The predicted molar refractivity (Wildman–Crippen MR) is 79.6 cm³/mol. The molecule has 0 amide bonds. The molecule has 5 heteroatoms. The van der Waals surface area contributed by atoms with Crippen LogP contribution < -0.4 is 11.3 Å². The maximum Gasteiger partial charge on any atom is 0.0851 e. The molecule has 19 heavy (non-hydrogen) atoms. The quantitative estimate of drug-likeness (QED) is 0.622. The van der Waals surface area contributed by atoms with Gasteiger partial charge in [0.25, 0.3) is 0 Å². The summed E-state index contributed by atoms with van der Waals surface area (Å²) in [7, 11) is 0. The molecule has 1 unspecified atom stereocenters. The first kappa shape index (κ1) is 14.9. The number of hydrogen-bond acceptors (Lipinski definition) is 4. The minimum atomic E-state index is -0.127. The van der Waals surface area contributed by atoms with E-state index in [4.69, 9.17) is 10.6 Å². The maximum absolute atomic E-state index is 6.06. The van der Waals surface area contributed by atoms with E-state index in [2.05, 4.69) is 26.3 Å². The summed E-state index contributed by atoms with van der Waals surface area (Å²) < 4.78 is 7.05. The van der Waals surface area contributed by atoms with Gasteiger partial charge < -0.3 is 4.74 Å². The zero-order valence-electron chi connectivity index (χ0n) is 11.4. The van der Waals surface area contributed by atoms with Crippen molar-refractivity contribution >= 4 is 15.9 Å². The maximum atomic E-state index is 6.06. The van der Waals surface area contributed by atoms with Gasteiger partial charge >= 0.3 is 0 Å². The fourth-order valence-corrected chi connectivity index (χ4v) is 3.22. The van der Waals surface area contributed by atoms with Gasteiger partial charge in [-0.15, -0.1) is 0 Å². The van der Waals surface area contributed by atoms with Crippen LogP contribution in [0.4, 0.5) is 0 Å². The van der Waals surface area contributed by atoms with Crippen LogP contribution >= 0.6 is 15.9 Å². The molecule has 1 aliphatic rings. The van der Waals surface area contributed by atoms with Crippen LogP contribution in [0.25, 0.3) is 0 Å². The Kier molecular flexibility index (Phi) is 5.33. The van der Waals surface area contributed by atoms with Crippen molar-refractivity contribution < 1.29 is 4.74 Å². The molecule has 0 radical (unpaired) electrons. The Morgan fingerprint density at radius 3 is 2.74 bits per heavy atom. The van der Waals surface area contributed by atoms with E-state index in [1.807, 2.05) is 25.3 Å². The summed E-state index contributed by atoms with van der Waals surface area (Å²) in [6.07, 6.45) is 7.20. The van der Waals surface area contributed by atoms with Crippen molar-refractivity contribution in [1.29, 1.82) is 0 Å². The Labute approximate surface area is 123 Å². The summed E-state index contributed by atoms with van der Waals surface area (Å²) in [6.45, 7) is 2.78. The number of aromatic nitrogens is 1. The summed E-state index contributed by atoms with van der Waals surface area (Å²) in [5.41, 5.74) is 3.87. The van der Waals surface area contributed by atoms with Crippen molar-refractivity contribution in [2.75, 3.05) is 6.61 Å². The van der Waals surface area contributed by atoms with Crippen LogP contribution in [0.5, 0.6) is 0 Å². The van der Waals surface area contributed by atoms with Gasteiger partial charge in [0.05, 0.1) is 11.6 Å². The molecule has 1 atom stereocenters. The highest BCUT2D eigenvalue weighted by Gasteiger charge is 2.41. The van der Waals surface area contributed by atoms with Gasteiger partial charge in [0, 0.05) is 29.4 Å². The van der Waals surface area contributed by atoms with Crippen LogP contribution in [0.15, 0.2) is 22.8 Å². The molecule has 1 aromatic rings. The minimum Gasteiger partial charge on any atom is -0.374 e. The first-order chi connectivity index (χ1) is 9.20. The van der Waals surface area contributed by atoms with E-state index in [1.165, 1.54) is 12.8 Å². The van der Waals surface area contributed by atoms with E-state index in [0.717, 1.165) is 36.0 Å². The highest BCUT2D eigenvalue weighted by atomic mass is 79.9. The first-order valence-electron chi connectivity index (χ1n) is 6.90. The summed E-state index contributed by atoms with van der Waals surface area (Å²) >= 11 is 3.40. The van der Waals surface area contributed by atoms with Gasteiger partial charge in [0.15, 0.2) is 0 Å². The Hall–Kier alpha value is -0.490. The number of hydrazine groups is 1. The first-order valence-corrected chi connectivity index (χ1v) is 7.70. The van der Waals surface area contributed by atoms with Crippen molar-refractivity contribution in [1.82, 2.24) is 10.4 Å². The van der Waals surface area contributed by atoms with E-state index in [9.17, 15) is 0 Å². The Morgan fingerprint density at radius 2 is 2.21 bits per heavy atom.